The van der Waals surface area contributed by atoms with Crippen LogP contribution in [-0.2, 0) is 6.54 Å². The molecule has 1 amide bonds. The second-order valence-electron chi connectivity index (χ2n) is 8.09. The number of benzene rings is 3. The highest BCUT2D eigenvalue weighted by atomic mass is 16.2. The van der Waals surface area contributed by atoms with Crippen molar-refractivity contribution in [3.8, 4) is 16.9 Å². The molecule has 34 heavy (non-hydrogen) atoms. The highest BCUT2D eigenvalue weighted by Gasteiger charge is 2.18. The molecule has 168 valence electrons. The molecule has 3 aromatic carbocycles. The number of anilines is 1. The van der Waals surface area contributed by atoms with Gasteiger partial charge in [0.15, 0.2) is 5.69 Å². The van der Waals surface area contributed by atoms with E-state index in [0.717, 1.165) is 28.1 Å². The molecule has 8 nitrogen and oxygen atoms in total. The van der Waals surface area contributed by atoms with E-state index in [9.17, 15) is 4.79 Å². The number of rotatable bonds is 6. The first-order valence-corrected chi connectivity index (χ1v) is 10.9. The van der Waals surface area contributed by atoms with Gasteiger partial charge in [-0.2, -0.15) is 0 Å². The Bertz CT molecular complexity index is 1440. The summed E-state index contributed by atoms with van der Waals surface area (Å²) in [4.78, 5) is 12.9. The molecular weight excluding hydrogens is 426 g/mol. The summed E-state index contributed by atoms with van der Waals surface area (Å²) in [5.41, 5.74) is 6.33. The van der Waals surface area contributed by atoms with Gasteiger partial charge in [0.2, 0.25) is 0 Å². The number of hydrogen-bond donors (Lipinski definition) is 1. The van der Waals surface area contributed by atoms with E-state index in [1.165, 1.54) is 0 Å². The number of carbonyl (C=O) groups excluding carboxylic acids is 1. The molecule has 0 saturated heterocycles. The van der Waals surface area contributed by atoms with Crippen molar-refractivity contribution < 1.29 is 4.79 Å². The summed E-state index contributed by atoms with van der Waals surface area (Å²) in [5, 5.41) is 19.7. The molecule has 0 unspecified atom stereocenters. The SMILES string of the molecule is Cc1ccc(-n2nnc(C(=O)Nc3cccc(-c4cn(Cc5ccccc5)nn4)c3)c2C)cc1. The van der Waals surface area contributed by atoms with Gasteiger partial charge in [0.05, 0.1) is 24.1 Å². The van der Waals surface area contributed by atoms with Crippen molar-refractivity contribution in [3.63, 3.8) is 0 Å². The number of aryl methyl sites for hydroxylation is 1. The average molecular weight is 450 g/mol. The van der Waals surface area contributed by atoms with Crippen molar-refractivity contribution in [1.29, 1.82) is 0 Å². The predicted molar refractivity (Wildman–Crippen MR) is 130 cm³/mol. The van der Waals surface area contributed by atoms with Crippen LogP contribution in [0.5, 0.6) is 0 Å². The van der Waals surface area contributed by atoms with Gasteiger partial charge in [-0.1, -0.05) is 70.6 Å². The Morgan fingerprint density at radius 3 is 2.47 bits per heavy atom. The summed E-state index contributed by atoms with van der Waals surface area (Å²) < 4.78 is 3.46. The van der Waals surface area contributed by atoms with Gasteiger partial charge in [0.1, 0.15) is 5.69 Å². The molecule has 0 spiro atoms. The first-order valence-electron chi connectivity index (χ1n) is 10.9. The lowest BCUT2D eigenvalue weighted by Crippen LogP contribution is -2.14. The van der Waals surface area contributed by atoms with Crippen molar-refractivity contribution >= 4 is 11.6 Å². The Kier molecular flexibility index (Phi) is 5.70. The van der Waals surface area contributed by atoms with Gasteiger partial charge in [-0.25, -0.2) is 9.36 Å². The Morgan fingerprint density at radius 2 is 1.68 bits per heavy atom. The zero-order valence-electron chi connectivity index (χ0n) is 18.9. The molecule has 0 aliphatic rings. The molecular formula is C26H23N7O. The largest absolute Gasteiger partial charge is 0.321 e. The van der Waals surface area contributed by atoms with Gasteiger partial charge in [0.25, 0.3) is 5.91 Å². The first kappa shape index (κ1) is 21.3. The molecule has 0 fully saturated rings. The number of hydrogen-bond acceptors (Lipinski definition) is 5. The van der Waals surface area contributed by atoms with Crippen LogP contribution < -0.4 is 5.32 Å². The first-order chi connectivity index (χ1) is 16.6. The topological polar surface area (TPSA) is 90.5 Å². The van der Waals surface area contributed by atoms with Crippen LogP contribution in [-0.4, -0.2) is 35.9 Å². The van der Waals surface area contributed by atoms with Gasteiger partial charge in [-0.3, -0.25) is 4.79 Å². The third-order valence-electron chi connectivity index (χ3n) is 5.53. The molecule has 2 heterocycles. The van der Waals surface area contributed by atoms with Crippen molar-refractivity contribution in [2.45, 2.75) is 20.4 Å². The van der Waals surface area contributed by atoms with Crippen molar-refractivity contribution in [2.24, 2.45) is 0 Å². The standard InChI is InChI=1S/C26H23N7O/c1-18-11-13-23(14-12-18)33-19(2)25(29-31-33)26(34)27-22-10-6-9-21(15-22)24-17-32(30-28-24)16-20-7-4-3-5-8-20/h3-15,17H,16H2,1-2H3,(H,27,34). The van der Waals surface area contributed by atoms with E-state index < -0.39 is 0 Å². The molecule has 2 aromatic heterocycles. The van der Waals surface area contributed by atoms with Gasteiger partial charge in [0, 0.05) is 11.3 Å². The molecule has 5 rings (SSSR count). The summed E-state index contributed by atoms with van der Waals surface area (Å²) in [7, 11) is 0. The monoisotopic (exact) mass is 449 g/mol. The van der Waals surface area contributed by atoms with Crippen LogP contribution in [0.3, 0.4) is 0 Å². The van der Waals surface area contributed by atoms with Crippen LogP contribution in [0.4, 0.5) is 5.69 Å². The maximum Gasteiger partial charge on any atom is 0.278 e. The van der Waals surface area contributed by atoms with Crippen LogP contribution in [0.1, 0.15) is 27.3 Å². The molecule has 0 aliphatic heterocycles. The average Bonchev–Trinajstić information content (AvgIpc) is 3.47. The van der Waals surface area contributed by atoms with Gasteiger partial charge >= 0.3 is 0 Å². The maximum atomic E-state index is 12.9. The minimum atomic E-state index is -0.319. The molecule has 0 radical (unpaired) electrons. The van der Waals surface area contributed by atoms with Gasteiger partial charge < -0.3 is 5.32 Å². The number of nitrogens with zero attached hydrogens (tertiary/aromatic N) is 6. The van der Waals surface area contributed by atoms with E-state index >= 15 is 0 Å². The van der Waals surface area contributed by atoms with Crippen molar-refractivity contribution in [1.82, 2.24) is 30.0 Å². The van der Waals surface area contributed by atoms with E-state index in [4.69, 9.17) is 0 Å². The Labute approximate surface area is 196 Å². The van der Waals surface area contributed by atoms with E-state index in [2.05, 4.69) is 38.1 Å². The normalized spacial score (nSPS) is 10.9. The molecule has 0 atom stereocenters. The highest BCUT2D eigenvalue weighted by Crippen LogP contribution is 2.22. The smallest absolute Gasteiger partial charge is 0.278 e. The zero-order valence-corrected chi connectivity index (χ0v) is 18.9. The van der Waals surface area contributed by atoms with Crippen LogP contribution in [0.25, 0.3) is 16.9 Å². The summed E-state index contributed by atoms with van der Waals surface area (Å²) in [6.45, 7) is 4.49. The Morgan fingerprint density at radius 1 is 0.882 bits per heavy atom. The third kappa shape index (κ3) is 4.47. The van der Waals surface area contributed by atoms with Crippen LogP contribution in [0.15, 0.2) is 85.1 Å². The fourth-order valence-electron chi connectivity index (χ4n) is 3.70. The lowest BCUT2D eigenvalue weighted by molar-refractivity contribution is 0.102. The number of amides is 1. The fourth-order valence-corrected chi connectivity index (χ4v) is 3.70. The molecule has 0 aliphatic carbocycles. The highest BCUT2D eigenvalue weighted by molar-refractivity contribution is 6.03. The van der Waals surface area contributed by atoms with E-state index in [1.54, 1.807) is 9.36 Å². The minimum absolute atomic E-state index is 0.278. The van der Waals surface area contributed by atoms with Crippen LogP contribution in [0.2, 0.25) is 0 Å². The maximum absolute atomic E-state index is 12.9. The second kappa shape index (κ2) is 9.11. The zero-order chi connectivity index (χ0) is 23.5. The van der Waals surface area contributed by atoms with Gasteiger partial charge in [-0.15, -0.1) is 10.2 Å². The van der Waals surface area contributed by atoms with E-state index in [0.29, 0.717) is 17.9 Å². The lowest BCUT2D eigenvalue weighted by atomic mass is 10.1. The fraction of sp³-hybridized carbons (Fsp3) is 0.115. The second-order valence-corrected chi connectivity index (χ2v) is 8.09. The molecule has 8 heteroatoms. The Balaban J connectivity index is 1.32. The summed E-state index contributed by atoms with van der Waals surface area (Å²) in [6, 6.07) is 25.5. The molecule has 0 bridgehead atoms. The Hall–Kier alpha value is -4.59. The van der Waals surface area contributed by atoms with E-state index in [1.807, 2.05) is 86.8 Å². The van der Waals surface area contributed by atoms with Crippen LogP contribution >= 0.6 is 0 Å². The number of carbonyl (C=O) groups is 1. The third-order valence-corrected chi connectivity index (χ3v) is 5.53. The summed E-state index contributed by atoms with van der Waals surface area (Å²) in [5.74, 6) is -0.319. The lowest BCUT2D eigenvalue weighted by Gasteiger charge is -2.06. The van der Waals surface area contributed by atoms with E-state index in [-0.39, 0.29) is 11.6 Å². The number of nitrogens with one attached hydrogen (secondary N) is 1. The quantitative estimate of drug-likeness (QED) is 0.414. The molecule has 1 N–H and O–H groups in total. The molecule has 0 saturated carbocycles. The van der Waals surface area contributed by atoms with Gasteiger partial charge in [-0.05, 0) is 43.7 Å². The molecule has 5 aromatic rings. The number of aromatic nitrogens is 6. The summed E-state index contributed by atoms with van der Waals surface area (Å²) in [6.07, 6.45) is 1.89. The predicted octanol–water partition coefficient (Wildman–Crippen LogP) is 4.44. The van der Waals surface area contributed by atoms with Crippen molar-refractivity contribution in [3.05, 3.63) is 108 Å². The minimum Gasteiger partial charge on any atom is -0.321 e. The van der Waals surface area contributed by atoms with Crippen molar-refractivity contribution in [2.75, 3.05) is 5.32 Å². The summed E-state index contributed by atoms with van der Waals surface area (Å²) >= 11 is 0. The van der Waals surface area contributed by atoms with Crippen LogP contribution in [0, 0.1) is 13.8 Å².